The molecule has 100 valence electrons. The molecule has 0 aromatic carbocycles. The molecule has 1 aromatic heterocycles. The molecule has 0 atom stereocenters. The highest BCUT2D eigenvalue weighted by molar-refractivity contribution is 9.10. The fourth-order valence-corrected chi connectivity index (χ4v) is 2.81. The van der Waals surface area contributed by atoms with Gasteiger partial charge in [-0.25, -0.2) is 0 Å². The van der Waals surface area contributed by atoms with E-state index in [0.29, 0.717) is 0 Å². The van der Waals surface area contributed by atoms with E-state index in [1.54, 1.807) is 0 Å². The maximum absolute atomic E-state index is 4.16. The Morgan fingerprint density at radius 1 is 1.22 bits per heavy atom. The molecule has 1 N–H and O–H groups in total. The molecule has 0 radical (unpaired) electrons. The van der Waals surface area contributed by atoms with Gasteiger partial charge in [0.1, 0.15) is 0 Å². The van der Waals surface area contributed by atoms with Crippen LogP contribution in [-0.4, -0.2) is 36.1 Å². The van der Waals surface area contributed by atoms with Gasteiger partial charge in [-0.1, -0.05) is 6.42 Å². The number of likely N-dealkylation sites (tertiary alicyclic amines) is 1. The molecular weight excluding hydrogens is 290 g/mol. The van der Waals surface area contributed by atoms with E-state index >= 15 is 0 Å². The summed E-state index contributed by atoms with van der Waals surface area (Å²) >= 11 is 3.44. The van der Waals surface area contributed by atoms with Crippen molar-refractivity contribution in [2.24, 2.45) is 0 Å². The molecule has 2 heterocycles. The van der Waals surface area contributed by atoms with Gasteiger partial charge in [0.05, 0.1) is 0 Å². The van der Waals surface area contributed by atoms with Gasteiger partial charge in [0.15, 0.2) is 0 Å². The monoisotopic (exact) mass is 311 g/mol. The van der Waals surface area contributed by atoms with E-state index in [-0.39, 0.29) is 0 Å². The Morgan fingerprint density at radius 2 is 2.06 bits per heavy atom. The third-order valence-electron chi connectivity index (χ3n) is 3.37. The highest BCUT2D eigenvalue weighted by atomic mass is 79.9. The molecule has 2 rings (SSSR count). The van der Waals surface area contributed by atoms with Crippen molar-refractivity contribution in [2.45, 2.75) is 32.2 Å². The number of hydrogen-bond donors (Lipinski definition) is 1. The van der Waals surface area contributed by atoms with Crippen molar-refractivity contribution in [1.82, 2.24) is 15.2 Å². The third kappa shape index (κ3) is 5.04. The second kappa shape index (κ2) is 7.87. The number of pyridine rings is 1. The first-order chi connectivity index (χ1) is 8.84. The fourth-order valence-electron chi connectivity index (χ4n) is 2.40. The molecule has 0 saturated carbocycles. The van der Waals surface area contributed by atoms with E-state index in [0.717, 1.165) is 17.6 Å². The second-order valence-electron chi connectivity index (χ2n) is 4.94. The van der Waals surface area contributed by atoms with E-state index in [2.05, 4.69) is 37.2 Å². The van der Waals surface area contributed by atoms with Gasteiger partial charge in [-0.15, -0.1) is 0 Å². The van der Waals surface area contributed by atoms with Crippen LogP contribution in [0.15, 0.2) is 22.9 Å². The highest BCUT2D eigenvalue weighted by Gasteiger charge is 2.08. The number of nitrogens with zero attached hydrogens (tertiary/aromatic N) is 2. The van der Waals surface area contributed by atoms with Crippen LogP contribution in [0.5, 0.6) is 0 Å². The molecule has 1 saturated heterocycles. The van der Waals surface area contributed by atoms with Crippen LogP contribution in [0.25, 0.3) is 0 Å². The quantitative estimate of drug-likeness (QED) is 0.819. The van der Waals surface area contributed by atoms with Crippen LogP contribution in [0, 0.1) is 0 Å². The number of nitrogens with one attached hydrogen (secondary N) is 1. The standard InChI is InChI=1S/C14H22BrN3/c15-14-9-13(11-17-12-14)10-16-5-4-8-18-6-2-1-3-7-18/h9,11-12,16H,1-8,10H2. The molecule has 0 bridgehead atoms. The summed E-state index contributed by atoms with van der Waals surface area (Å²) in [6, 6.07) is 2.12. The zero-order chi connectivity index (χ0) is 12.6. The smallest absolute Gasteiger partial charge is 0.0410 e. The molecule has 1 aliphatic heterocycles. The Bertz CT molecular complexity index is 351. The molecule has 4 heteroatoms. The molecule has 1 aromatic rings. The third-order valence-corrected chi connectivity index (χ3v) is 3.80. The minimum Gasteiger partial charge on any atom is -0.313 e. The van der Waals surface area contributed by atoms with Gasteiger partial charge in [-0.05, 0) is 73.0 Å². The molecule has 1 aliphatic rings. The van der Waals surface area contributed by atoms with Gasteiger partial charge in [0, 0.05) is 23.4 Å². The maximum atomic E-state index is 4.16. The lowest BCUT2D eigenvalue weighted by molar-refractivity contribution is 0.225. The minimum atomic E-state index is 0.909. The van der Waals surface area contributed by atoms with Crippen molar-refractivity contribution in [2.75, 3.05) is 26.2 Å². The molecule has 0 spiro atoms. The predicted molar refractivity (Wildman–Crippen MR) is 78.6 cm³/mol. The topological polar surface area (TPSA) is 28.2 Å². The lowest BCUT2D eigenvalue weighted by atomic mass is 10.1. The van der Waals surface area contributed by atoms with Crippen molar-refractivity contribution in [1.29, 1.82) is 0 Å². The Balaban J connectivity index is 1.55. The van der Waals surface area contributed by atoms with E-state index in [4.69, 9.17) is 0 Å². The summed E-state index contributed by atoms with van der Waals surface area (Å²) in [5.74, 6) is 0. The molecular formula is C14H22BrN3. The van der Waals surface area contributed by atoms with Crippen LogP contribution in [0.1, 0.15) is 31.2 Å². The average molecular weight is 312 g/mol. The molecule has 0 amide bonds. The fraction of sp³-hybridized carbons (Fsp3) is 0.643. The van der Waals surface area contributed by atoms with Crippen LogP contribution < -0.4 is 5.32 Å². The van der Waals surface area contributed by atoms with E-state index in [9.17, 15) is 0 Å². The van der Waals surface area contributed by atoms with Gasteiger partial charge in [-0.2, -0.15) is 0 Å². The summed E-state index contributed by atoms with van der Waals surface area (Å²) in [4.78, 5) is 6.75. The van der Waals surface area contributed by atoms with Gasteiger partial charge >= 0.3 is 0 Å². The van der Waals surface area contributed by atoms with Gasteiger partial charge < -0.3 is 10.2 Å². The predicted octanol–water partition coefficient (Wildman–Crippen LogP) is 2.81. The summed E-state index contributed by atoms with van der Waals surface area (Å²) < 4.78 is 1.05. The van der Waals surface area contributed by atoms with Crippen molar-refractivity contribution >= 4 is 15.9 Å². The van der Waals surface area contributed by atoms with Gasteiger partial charge in [-0.3, -0.25) is 4.98 Å². The molecule has 1 fully saturated rings. The highest BCUT2D eigenvalue weighted by Crippen LogP contribution is 2.10. The van der Waals surface area contributed by atoms with Crippen LogP contribution >= 0.6 is 15.9 Å². The summed E-state index contributed by atoms with van der Waals surface area (Å²) in [5.41, 5.74) is 1.24. The Kier molecular flexibility index (Phi) is 6.11. The first kappa shape index (κ1) is 14.0. The Morgan fingerprint density at radius 3 is 2.83 bits per heavy atom. The van der Waals surface area contributed by atoms with Gasteiger partial charge in [0.25, 0.3) is 0 Å². The first-order valence-corrected chi connectivity index (χ1v) is 7.66. The summed E-state index contributed by atoms with van der Waals surface area (Å²) in [7, 11) is 0. The molecule has 0 unspecified atom stereocenters. The van der Waals surface area contributed by atoms with Crippen molar-refractivity contribution < 1.29 is 0 Å². The molecule has 0 aliphatic carbocycles. The van der Waals surface area contributed by atoms with Crippen LogP contribution in [0.3, 0.4) is 0 Å². The van der Waals surface area contributed by atoms with Crippen LogP contribution in [0.4, 0.5) is 0 Å². The van der Waals surface area contributed by atoms with Crippen molar-refractivity contribution in [3.8, 4) is 0 Å². The lowest BCUT2D eigenvalue weighted by Crippen LogP contribution is -2.32. The van der Waals surface area contributed by atoms with Crippen molar-refractivity contribution in [3.05, 3.63) is 28.5 Å². The normalized spacial score (nSPS) is 16.9. The number of hydrogen-bond acceptors (Lipinski definition) is 3. The molecule has 3 nitrogen and oxygen atoms in total. The number of piperidine rings is 1. The van der Waals surface area contributed by atoms with E-state index < -0.39 is 0 Å². The van der Waals surface area contributed by atoms with Crippen LogP contribution in [0.2, 0.25) is 0 Å². The zero-order valence-corrected chi connectivity index (χ0v) is 12.5. The minimum absolute atomic E-state index is 0.909. The van der Waals surface area contributed by atoms with Gasteiger partial charge in [0.2, 0.25) is 0 Å². The summed E-state index contributed by atoms with van der Waals surface area (Å²) in [5, 5.41) is 3.48. The second-order valence-corrected chi connectivity index (χ2v) is 5.86. The largest absolute Gasteiger partial charge is 0.313 e. The average Bonchev–Trinajstić information content (AvgIpc) is 2.40. The van der Waals surface area contributed by atoms with Crippen molar-refractivity contribution in [3.63, 3.8) is 0 Å². The SMILES string of the molecule is Brc1cncc(CNCCCN2CCCCC2)c1. The van der Waals surface area contributed by atoms with E-state index in [1.165, 1.54) is 50.9 Å². The maximum Gasteiger partial charge on any atom is 0.0410 e. The Labute approximate surface area is 118 Å². The number of rotatable bonds is 6. The molecule has 18 heavy (non-hydrogen) atoms. The zero-order valence-electron chi connectivity index (χ0n) is 10.9. The summed E-state index contributed by atoms with van der Waals surface area (Å²) in [6.45, 7) is 5.84. The number of aromatic nitrogens is 1. The number of halogens is 1. The lowest BCUT2D eigenvalue weighted by Gasteiger charge is -2.26. The first-order valence-electron chi connectivity index (χ1n) is 6.87. The van der Waals surface area contributed by atoms with E-state index in [1.807, 2.05) is 12.4 Å². The summed E-state index contributed by atoms with van der Waals surface area (Å²) in [6.07, 6.45) is 9.17. The Hall–Kier alpha value is -0.450. The van der Waals surface area contributed by atoms with Crippen LogP contribution in [-0.2, 0) is 6.54 Å².